The lowest BCUT2D eigenvalue weighted by atomic mass is 10.1. The molecular formula is C10H8N4O3S. The van der Waals surface area contributed by atoms with E-state index in [-0.39, 0.29) is 17.2 Å². The van der Waals surface area contributed by atoms with E-state index in [0.717, 1.165) is 11.5 Å². The van der Waals surface area contributed by atoms with E-state index in [2.05, 4.69) is 14.9 Å². The number of hydrogen-bond acceptors (Lipinski definition) is 6. The van der Waals surface area contributed by atoms with Crippen LogP contribution in [0, 0.1) is 0 Å². The number of aromatic nitrogens is 2. The van der Waals surface area contributed by atoms with Gasteiger partial charge in [0.1, 0.15) is 4.88 Å². The summed E-state index contributed by atoms with van der Waals surface area (Å²) in [5, 5.41) is 14.9. The van der Waals surface area contributed by atoms with Gasteiger partial charge in [-0.1, -0.05) is 4.49 Å². The van der Waals surface area contributed by atoms with Crippen molar-refractivity contribution in [1.29, 1.82) is 0 Å². The van der Waals surface area contributed by atoms with Crippen molar-refractivity contribution in [2.24, 2.45) is 0 Å². The smallest absolute Gasteiger partial charge is 0.335 e. The molecule has 1 amide bonds. The molecule has 0 saturated heterocycles. The van der Waals surface area contributed by atoms with Crippen LogP contribution in [-0.4, -0.2) is 26.6 Å². The van der Waals surface area contributed by atoms with E-state index in [4.69, 9.17) is 10.8 Å². The van der Waals surface area contributed by atoms with Gasteiger partial charge in [-0.15, -0.1) is 5.10 Å². The molecule has 2 rings (SSSR count). The van der Waals surface area contributed by atoms with Gasteiger partial charge in [0.25, 0.3) is 5.91 Å². The molecular weight excluding hydrogens is 256 g/mol. The fraction of sp³-hybridized carbons (Fsp3) is 0. The highest BCUT2D eigenvalue weighted by Crippen LogP contribution is 2.21. The number of anilines is 2. The normalized spacial score (nSPS) is 10.0. The number of hydrogen-bond donors (Lipinski definition) is 3. The number of rotatable bonds is 3. The van der Waals surface area contributed by atoms with Gasteiger partial charge in [-0.25, -0.2) is 4.79 Å². The Balaban J connectivity index is 2.20. The number of carboxylic acid groups (broad SMARTS) is 1. The van der Waals surface area contributed by atoms with Gasteiger partial charge in [0.15, 0.2) is 0 Å². The first-order valence-electron chi connectivity index (χ1n) is 4.79. The number of nitrogens with two attached hydrogens (primary N) is 1. The topological polar surface area (TPSA) is 118 Å². The van der Waals surface area contributed by atoms with Gasteiger partial charge in [0, 0.05) is 0 Å². The third-order valence-electron chi connectivity index (χ3n) is 2.13. The van der Waals surface area contributed by atoms with Gasteiger partial charge in [0.2, 0.25) is 0 Å². The second-order valence-electron chi connectivity index (χ2n) is 3.34. The summed E-state index contributed by atoms with van der Waals surface area (Å²) in [6, 6.07) is 4.08. The number of carbonyl (C=O) groups is 2. The molecule has 0 bridgehead atoms. The number of amides is 1. The minimum absolute atomic E-state index is 0.0601. The largest absolute Gasteiger partial charge is 0.478 e. The molecule has 0 atom stereocenters. The van der Waals surface area contributed by atoms with E-state index in [1.54, 1.807) is 0 Å². The lowest BCUT2D eigenvalue weighted by Crippen LogP contribution is -2.12. The molecule has 1 heterocycles. The molecule has 0 spiro atoms. The van der Waals surface area contributed by atoms with E-state index < -0.39 is 5.97 Å². The minimum Gasteiger partial charge on any atom is -0.478 e. The molecule has 4 N–H and O–H groups in total. The lowest BCUT2D eigenvalue weighted by Gasteiger charge is -2.07. The molecule has 0 radical (unpaired) electrons. The van der Waals surface area contributed by atoms with E-state index in [1.807, 2.05) is 0 Å². The summed E-state index contributed by atoms with van der Waals surface area (Å²) in [5.41, 5.74) is 6.24. The minimum atomic E-state index is -1.08. The molecule has 0 saturated carbocycles. The first kappa shape index (κ1) is 12.0. The summed E-state index contributed by atoms with van der Waals surface area (Å²) in [5.74, 6) is -1.47. The van der Waals surface area contributed by atoms with E-state index in [9.17, 15) is 9.59 Å². The number of aromatic carboxylic acids is 1. The summed E-state index contributed by atoms with van der Waals surface area (Å²) in [6.45, 7) is 0. The highest BCUT2D eigenvalue weighted by atomic mass is 32.1. The monoisotopic (exact) mass is 264 g/mol. The summed E-state index contributed by atoms with van der Waals surface area (Å²) in [6.07, 6.45) is 1.34. The maximum atomic E-state index is 11.7. The fourth-order valence-electron chi connectivity index (χ4n) is 1.26. The zero-order valence-electron chi connectivity index (χ0n) is 8.95. The summed E-state index contributed by atoms with van der Waals surface area (Å²) in [4.78, 5) is 22.8. The Morgan fingerprint density at radius 3 is 2.72 bits per heavy atom. The molecule has 8 heteroatoms. The number of carboxylic acids is 1. The Morgan fingerprint density at radius 1 is 1.39 bits per heavy atom. The van der Waals surface area contributed by atoms with Crippen molar-refractivity contribution in [3.63, 3.8) is 0 Å². The maximum Gasteiger partial charge on any atom is 0.335 e. The van der Waals surface area contributed by atoms with E-state index in [0.29, 0.717) is 10.6 Å². The van der Waals surface area contributed by atoms with Crippen LogP contribution >= 0.6 is 11.5 Å². The second kappa shape index (κ2) is 4.80. The molecule has 0 aliphatic carbocycles. The molecule has 18 heavy (non-hydrogen) atoms. The van der Waals surface area contributed by atoms with Crippen molar-refractivity contribution < 1.29 is 14.7 Å². The second-order valence-corrected chi connectivity index (χ2v) is 4.13. The molecule has 92 valence electrons. The lowest BCUT2D eigenvalue weighted by molar-refractivity contribution is 0.0697. The van der Waals surface area contributed by atoms with Crippen molar-refractivity contribution in [2.45, 2.75) is 0 Å². The number of nitrogen functional groups attached to an aromatic ring is 1. The van der Waals surface area contributed by atoms with Gasteiger partial charge in [-0.3, -0.25) is 4.79 Å². The van der Waals surface area contributed by atoms with Crippen LogP contribution in [0.4, 0.5) is 11.4 Å². The van der Waals surface area contributed by atoms with E-state index in [1.165, 1.54) is 24.4 Å². The van der Waals surface area contributed by atoms with Crippen LogP contribution in [-0.2, 0) is 0 Å². The number of nitrogens with one attached hydrogen (secondary N) is 1. The van der Waals surface area contributed by atoms with Crippen LogP contribution in [0.1, 0.15) is 20.0 Å². The summed E-state index contributed by atoms with van der Waals surface area (Å²) >= 11 is 0.956. The Hall–Kier alpha value is -2.48. The number of benzene rings is 1. The van der Waals surface area contributed by atoms with Crippen LogP contribution in [0.5, 0.6) is 0 Å². The van der Waals surface area contributed by atoms with Crippen molar-refractivity contribution >= 4 is 34.8 Å². The van der Waals surface area contributed by atoms with E-state index >= 15 is 0 Å². The van der Waals surface area contributed by atoms with Crippen molar-refractivity contribution in [3.8, 4) is 0 Å². The first-order chi connectivity index (χ1) is 8.58. The average Bonchev–Trinajstić information content (AvgIpc) is 2.85. The molecule has 0 unspecified atom stereocenters. The Kier molecular flexibility index (Phi) is 3.20. The fourth-order valence-corrected chi connectivity index (χ4v) is 1.67. The van der Waals surface area contributed by atoms with Crippen LogP contribution in [0.2, 0.25) is 0 Å². The van der Waals surface area contributed by atoms with Crippen molar-refractivity contribution in [3.05, 3.63) is 34.8 Å². The van der Waals surface area contributed by atoms with Crippen LogP contribution in [0.25, 0.3) is 0 Å². The van der Waals surface area contributed by atoms with Crippen LogP contribution in [0.15, 0.2) is 24.4 Å². The predicted octanol–water partition coefficient (Wildman–Crippen LogP) is 1.07. The molecule has 1 aromatic heterocycles. The maximum absolute atomic E-state index is 11.7. The van der Waals surface area contributed by atoms with Gasteiger partial charge in [-0.2, -0.15) is 0 Å². The van der Waals surface area contributed by atoms with Gasteiger partial charge >= 0.3 is 5.97 Å². The van der Waals surface area contributed by atoms with Gasteiger partial charge in [0.05, 0.1) is 23.1 Å². The summed E-state index contributed by atoms with van der Waals surface area (Å²) < 4.78 is 3.57. The molecule has 0 aliphatic rings. The first-order valence-corrected chi connectivity index (χ1v) is 5.57. The van der Waals surface area contributed by atoms with Crippen molar-refractivity contribution in [2.75, 3.05) is 11.1 Å². The third-order valence-corrected chi connectivity index (χ3v) is 2.80. The van der Waals surface area contributed by atoms with Gasteiger partial charge < -0.3 is 16.2 Å². The molecule has 1 aromatic carbocycles. The number of nitrogens with zero attached hydrogens (tertiary/aromatic N) is 2. The average molecular weight is 264 g/mol. The van der Waals surface area contributed by atoms with Crippen LogP contribution < -0.4 is 11.1 Å². The Bertz CT molecular complexity index is 597. The zero-order valence-corrected chi connectivity index (χ0v) is 9.77. The standard InChI is InChI=1S/C10H8N4O3S/c11-6-3-5(10(16)17)1-2-7(6)13-9(15)8-4-12-14-18-8/h1-4H,11H2,(H,13,15)(H,16,17). The third kappa shape index (κ3) is 2.43. The number of carbonyl (C=O) groups excluding carboxylic acids is 1. The predicted molar refractivity (Wildman–Crippen MR) is 65.7 cm³/mol. The molecule has 0 aliphatic heterocycles. The molecule has 7 nitrogen and oxygen atoms in total. The highest BCUT2D eigenvalue weighted by Gasteiger charge is 2.12. The van der Waals surface area contributed by atoms with Crippen molar-refractivity contribution in [1.82, 2.24) is 9.59 Å². The Labute approximate surface area is 105 Å². The molecule has 0 fully saturated rings. The van der Waals surface area contributed by atoms with Crippen LogP contribution in [0.3, 0.4) is 0 Å². The Morgan fingerprint density at radius 2 is 2.17 bits per heavy atom. The zero-order chi connectivity index (χ0) is 13.1. The van der Waals surface area contributed by atoms with Gasteiger partial charge in [-0.05, 0) is 29.7 Å². The highest BCUT2D eigenvalue weighted by molar-refractivity contribution is 7.07. The quantitative estimate of drug-likeness (QED) is 0.713. The molecule has 2 aromatic rings. The summed E-state index contributed by atoms with van der Waals surface area (Å²) in [7, 11) is 0. The SMILES string of the molecule is Nc1cc(C(=O)O)ccc1NC(=O)c1cnns1.